The predicted octanol–water partition coefficient (Wildman–Crippen LogP) is 2.76. The summed E-state index contributed by atoms with van der Waals surface area (Å²) in [6.45, 7) is 10.2. The minimum absolute atomic E-state index is 0.207. The second-order valence-electron chi connectivity index (χ2n) is 3.08. The summed E-state index contributed by atoms with van der Waals surface area (Å²) in [5, 5.41) is 0. The summed E-state index contributed by atoms with van der Waals surface area (Å²) in [6.07, 6.45) is 5.15. The monoisotopic (exact) mass is 299 g/mol. The second-order valence-corrected chi connectivity index (χ2v) is 5.98. The zero-order chi connectivity index (χ0) is 9.94. The average molecular weight is 297 g/mol. The van der Waals surface area contributed by atoms with Crippen molar-refractivity contribution in [2.75, 3.05) is 19.6 Å². The summed E-state index contributed by atoms with van der Waals surface area (Å²) < 4.78 is 3.94. The number of hydrogen-bond donors (Lipinski definition) is 0. The van der Waals surface area contributed by atoms with Crippen LogP contribution in [0.2, 0.25) is 4.47 Å². The van der Waals surface area contributed by atoms with Crippen LogP contribution in [0.3, 0.4) is 0 Å². The molecule has 0 unspecified atom stereocenters. The maximum absolute atomic E-state index is 2.46. The summed E-state index contributed by atoms with van der Waals surface area (Å²) in [5.41, 5.74) is 0. The van der Waals surface area contributed by atoms with E-state index < -0.39 is 0 Å². The number of likely N-dealkylation sites (N-methyl/N-ethyl adjacent to an activating group) is 1. The van der Waals surface area contributed by atoms with Gasteiger partial charge in [0.25, 0.3) is 0 Å². The van der Waals surface area contributed by atoms with Gasteiger partial charge in [0.15, 0.2) is 0 Å². The average Bonchev–Trinajstić information content (AvgIpc) is 2.17. The summed E-state index contributed by atoms with van der Waals surface area (Å²) in [5.74, 6) is 0. The van der Waals surface area contributed by atoms with Crippen LogP contribution in [-0.2, 0) is 0 Å². The van der Waals surface area contributed by atoms with Gasteiger partial charge in [-0.2, -0.15) is 0 Å². The van der Waals surface area contributed by atoms with Crippen molar-refractivity contribution in [2.24, 2.45) is 0 Å². The molecule has 0 N–H and O–H groups in total. The molecule has 1 nitrogen and oxygen atoms in total. The Bertz CT molecular complexity index is 119. The van der Waals surface area contributed by atoms with E-state index in [-0.39, 0.29) is 20.9 Å². The van der Waals surface area contributed by atoms with Crippen molar-refractivity contribution in [3.63, 3.8) is 0 Å². The van der Waals surface area contributed by atoms with Crippen LogP contribution < -0.4 is 0 Å². The molecule has 0 spiro atoms. The fraction of sp³-hybridized carbons (Fsp3) is 0.818. The Morgan fingerprint density at radius 1 is 1.15 bits per heavy atom. The Hall–Kier alpha value is 0.490. The quantitative estimate of drug-likeness (QED) is 0.492. The van der Waals surface area contributed by atoms with E-state index in [1.54, 1.807) is 0 Å². The van der Waals surface area contributed by atoms with Crippen LogP contribution in [-0.4, -0.2) is 45.5 Å². The van der Waals surface area contributed by atoms with Crippen molar-refractivity contribution in [2.45, 2.75) is 38.1 Å². The topological polar surface area (TPSA) is 3.24 Å². The molecular weight excluding hydrogens is 274 g/mol. The zero-order valence-corrected chi connectivity index (χ0v) is 11.6. The summed E-state index contributed by atoms with van der Waals surface area (Å²) in [6, 6.07) is 0. The van der Waals surface area contributed by atoms with Gasteiger partial charge in [-0.05, 0) is 0 Å². The Morgan fingerprint density at radius 3 is 2.38 bits per heavy atom. The summed E-state index contributed by atoms with van der Waals surface area (Å²) >= 11 is 0.207. The Kier molecular flexibility index (Phi) is 11.0. The van der Waals surface area contributed by atoms with E-state index in [4.69, 9.17) is 0 Å². The minimum atomic E-state index is 0.207. The van der Waals surface area contributed by atoms with Gasteiger partial charge in [-0.25, -0.2) is 0 Å². The van der Waals surface area contributed by atoms with E-state index in [2.05, 4.69) is 35.9 Å². The van der Waals surface area contributed by atoms with Gasteiger partial charge in [0.05, 0.1) is 0 Å². The van der Waals surface area contributed by atoms with Gasteiger partial charge in [0.2, 0.25) is 0 Å². The van der Waals surface area contributed by atoms with Crippen LogP contribution in [0.25, 0.3) is 0 Å². The van der Waals surface area contributed by atoms with Crippen molar-refractivity contribution in [3.05, 3.63) is 10.2 Å². The molecule has 13 heavy (non-hydrogen) atoms. The van der Waals surface area contributed by atoms with Crippen molar-refractivity contribution >= 4 is 20.9 Å². The Balaban J connectivity index is 3.28. The van der Waals surface area contributed by atoms with Crippen molar-refractivity contribution in [1.82, 2.24) is 4.90 Å². The number of rotatable bonds is 8. The van der Waals surface area contributed by atoms with E-state index in [9.17, 15) is 0 Å². The third-order valence-electron chi connectivity index (χ3n) is 2.07. The molecule has 0 radical (unpaired) electrons. The van der Waals surface area contributed by atoms with Crippen LogP contribution in [0.1, 0.15) is 33.6 Å². The molecule has 0 saturated carbocycles. The molecule has 0 fully saturated rings. The van der Waals surface area contributed by atoms with Gasteiger partial charge in [0, 0.05) is 0 Å². The molecule has 0 amide bonds. The molecule has 0 aliphatic carbocycles. The molecule has 0 rings (SSSR count). The molecule has 0 atom stereocenters. The molecule has 0 heterocycles. The molecule has 0 aromatic heterocycles. The van der Waals surface area contributed by atoms with Crippen LogP contribution in [0.5, 0.6) is 0 Å². The normalized spacial score (nSPS) is 11.7. The summed E-state index contributed by atoms with van der Waals surface area (Å²) in [4.78, 5) is 2.45. The van der Waals surface area contributed by atoms with Crippen LogP contribution in [0.15, 0.2) is 10.2 Å². The van der Waals surface area contributed by atoms with Crippen molar-refractivity contribution < 1.29 is 0 Å². The van der Waals surface area contributed by atoms with Gasteiger partial charge in [0.1, 0.15) is 0 Å². The standard InChI is InChI=1S/C11H23NTe/c1-4-7-10-13-11-8-9-12(5-2)6-3/h8,11H,4-7,9-10H2,1-3H3/b11-8-. The van der Waals surface area contributed by atoms with E-state index in [0.717, 1.165) is 6.54 Å². The predicted molar refractivity (Wildman–Crippen MR) is 62.4 cm³/mol. The molecule has 2 heteroatoms. The van der Waals surface area contributed by atoms with Gasteiger partial charge in [-0.3, -0.25) is 0 Å². The first kappa shape index (κ1) is 13.5. The van der Waals surface area contributed by atoms with E-state index in [0.29, 0.717) is 0 Å². The fourth-order valence-electron chi connectivity index (χ4n) is 1.04. The molecule has 0 aliphatic rings. The summed E-state index contributed by atoms with van der Waals surface area (Å²) in [7, 11) is 0. The maximum atomic E-state index is 2.46. The molecule has 0 bridgehead atoms. The van der Waals surface area contributed by atoms with Gasteiger partial charge >= 0.3 is 93.7 Å². The van der Waals surface area contributed by atoms with Crippen molar-refractivity contribution in [1.29, 1.82) is 0 Å². The fourth-order valence-corrected chi connectivity index (χ4v) is 3.36. The first-order valence-electron chi connectivity index (χ1n) is 5.34. The second kappa shape index (κ2) is 10.6. The van der Waals surface area contributed by atoms with E-state index >= 15 is 0 Å². The van der Waals surface area contributed by atoms with E-state index in [1.807, 2.05) is 0 Å². The van der Waals surface area contributed by atoms with Gasteiger partial charge in [-0.15, -0.1) is 0 Å². The molecule has 0 aromatic rings. The molecule has 78 valence electrons. The van der Waals surface area contributed by atoms with Crippen LogP contribution in [0.4, 0.5) is 0 Å². The van der Waals surface area contributed by atoms with Gasteiger partial charge < -0.3 is 0 Å². The molecule has 0 saturated heterocycles. The number of hydrogen-bond acceptors (Lipinski definition) is 1. The van der Waals surface area contributed by atoms with Gasteiger partial charge in [-0.1, -0.05) is 0 Å². The Morgan fingerprint density at radius 2 is 1.85 bits per heavy atom. The third kappa shape index (κ3) is 8.81. The third-order valence-corrected chi connectivity index (χ3v) is 4.66. The first-order chi connectivity index (χ1) is 6.35. The number of nitrogens with zero attached hydrogens (tertiary/aromatic N) is 1. The Labute approximate surface area is 93.7 Å². The number of unbranched alkanes of at least 4 members (excludes halogenated alkanes) is 1. The van der Waals surface area contributed by atoms with E-state index in [1.165, 1.54) is 30.4 Å². The van der Waals surface area contributed by atoms with Crippen molar-refractivity contribution in [3.8, 4) is 0 Å². The first-order valence-corrected chi connectivity index (χ1v) is 8.33. The SMILES string of the molecule is CCCC[Te]/C=C\CN(CC)CC. The van der Waals surface area contributed by atoms with Crippen LogP contribution >= 0.6 is 0 Å². The molecular formula is C11H23NTe. The zero-order valence-electron chi connectivity index (χ0n) is 9.25. The molecule has 0 aromatic carbocycles. The molecule has 0 aliphatic heterocycles. The van der Waals surface area contributed by atoms with Crippen LogP contribution in [0, 0.1) is 0 Å².